The number of aryl methyl sites for hydroxylation is 1. The normalized spacial score (nSPS) is 15.7. The van der Waals surface area contributed by atoms with Gasteiger partial charge in [-0.15, -0.1) is 24.8 Å². The second-order valence-corrected chi connectivity index (χ2v) is 13.8. The molecule has 1 saturated carbocycles. The fraction of sp³-hybridized carbons (Fsp3) is 0.310. The largest absolute Gasteiger partial charge is 0.506 e. The molecule has 0 spiro atoms. The van der Waals surface area contributed by atoms with E-state index in [1.165, 1.54) is 17.0 Å². The Labute approximate surface area is 333 Å². The summed E-state index contributed by atoms with van der Waals surface area (Å²) < 4.78 is 0. The van der Waals surface area contributed by atoms with Gasteiger partial charge >= 0.3 is 6.09 Å². The molecule has 7 N–H and O–H groups in total. The number of H-pyrrole nitrogens is 1. The molecule has 1 atom stereocenters. The van der Waals surface area contributed by atoms with Crippen molar-refractivity contribution in [1.29, 1.82) is 0 Å². The summed E-state index contributed by atoms with van der Waals surface area (Å²) >= 11 is 0. The summed E-state index contributed by atoms with van der Waals surface area (Å²) in [5.74, 6) is -0.0773. The van der Waals surface area contributed by atoms with Gasteiger partial charge in [0.25, 0.3) is 0 Å². The number of amides is 2. The number of aromatic nitrogens is 1. The molecule has 1 aliphatic rings. The first-order valence-corrected chi connectivity index (χ1v) is 18.1. The molecule has 2 amide bonds. The lowest BCUT2D eigenvalue weighted by atomic mass is 9.89. The molecule has 292 valence electrons. The summed E-state index contributed by atoms with van der Waals surface area (Å²) in [6.45, 7) is 0.736. The van der Waals surface area contributed by atoms with Crippen molar-refractivity contribution in [3.63, 3.8) is 0 Å². The van der Waals surface area contributed by atoms with Crippen LogP contribution >= 0.6 is 24.8 Å². The third-order valence-corrected chi connectivity index (χ3v) is 10.2. The fourth-order valence-corrected chi connectivity index (χ4v) is 7.22. The van der Waals surface area contributed by atoms with Gasteiger partial charge in [0.05, 0.1) is 17.3 Å². The van der Waals surface area contributed by atoms with Crippen molar-refractivity contribution < 1.29 is 24.9 Å². The van der Waals surface area contributed by atoms with Crippen LogP contribution in [0.1, 0.15) is 61.3 Å². The van der Waals surface area contributed by atoms with Gasteiger partial charge in [0.2, 0.25) is 11.5 Å². The van der Waals surface area contributed by atoms with Crippen LogP contribution in [0.25, 0.3) is 22.0 Å². The first-order valence-electron chi connectivity index (χ1n) is 18.1. The van der Waals surface area contributed by atoms with E-state index in [1.54, 1.807) is 24.1 Å². The number of aromatic hydroxyl groups is 1. The number of nitrogens with zero attached hydrogens (tertiary/aromatic N) is 2. The van der Waals surface area contributed by atoms with Gasteiger partial charge in [-0.3, -0.25) is 14.5 Å². The summed E-state index contributed by atoms with van der Waals surface area (Å²) in [4.78, 5) is 43.4. The number of carbonyl (C=O) groups excluding carboxylic acids is 1. The number of nitrogens with two attached hydrogens (primary N) is 1. The van der Waals surface area contributed by atoms with E-state index in [2.05, 4.69) is 10.3 Å². The Kier molecular flexibility index (Phi) is 15.3. The van der Waals surface area contributed by atoms with Gasteiger partial charge in [-0.05, 0) is 91.1 Å². The lowest BCUT2D eigenvalue weighted by Crippen LogP contribution is -2.44. The summed E-state index contributed by atoms with van der Waals surface area (Å²) in [5.41, 5.74) is 11.9. The first-order chi connectivity index (χ1) is 25.6. The lowest BCUT2D eigenvalue weighted by molar-refractivity contribution is -0.118. The van der Waals surface area contributed by atoms with Crippen molar-refractivity contribution >= 4 is 59.1 Å². The molecule has 0 aliphatic heterocycles. The Morgan fingerprint density at radius 2 is 1.60 bits per heavy atom. The van der Waals surface area contributed by atoms with E-state index in [4.69, 9.17) is 5.73 Å². The highest BCUT2D eigenvalue weighted by Gasteiger charge is 2.31. The van der Waals surface area contributed by atoms with Gasteiger partial charge in [-0.2, -0.15) is 0 Å². The van der Waals surface area contributed by atoms with Crippen molar-refractivity contribution in [3.05, 3.63) is 124 Å². The Hall–Kier alpha value is -4.91. The molecule has 1 aromatic heterocycles. The molecular formula is C42H49Cl2N5O6. The minimum atomic E-state index is -0.974. The molecule has 1 aliphatic carbocycles. The zero-order valence-corrected chi connectivity index (χ0v) is 32.3. The highest BCUT2D eigenvalue weighted by molar-refractivity contribution is 5.94. The number of anilines is 2. The van der Waals surface area contributed by atoms with Gasteiger partial charge < -0.3 is 36.3 Å². The smallest absolute Gasteiger partial charge is 0.412 e. The second kappa shape index (κ2) is 19.6. The van der Waals surface area contributed by atoms with Crippen LogP contribution in [0.3, 0.4) is 0 Å². The van der Waals surface area contributed by atoms with Crippen LogP contribution in [0.2, 0.25) is 0 Å². The van der Waals surface area contributed by atoms with Gasteiger partial charge in [-0.1, -0.05) is 60.7 Å². The summed E-state index contributed by atoms with van der Waals surface area (Å²) in [7, 11) is 1.76. The van der Waals surface area contributed by atoms with Crippen LogP contribution in [0.4, 0.5) is 16.2 Å². The molecular weight excluding hydrogens is 741 g/mol. The zero-order valence-electron chi connectivity index (χ0n) is 30.7. The number of hydrogen-bond acceptors (Lipinski definition) is 7. The molecule has 1 fully saturated rings. The van der Waals surface area contributed by atoms with Crippen molar-refractivity contribution in [3.8, 4) is 16.9 Å². The molecule has 0 unspecified atom stereocenters. The number of benzene rings is 4. The number of rotatable bonds is 13. The minimum absolute atomic E-state index is 0. The SMILES string of the molecule is CN(C(=O)CCCc1ccc(-c2ccccc2)c(N(C(=O)O)[C@H]2CC[C@H](N)CC2)c1)c1ccc(CNC[C@H](O)c2ccc(O)c3[nH]c(=O)ccc23)cc1.Cl.Cl. The van der Waals surface area contributed by atoms with Crippen LogP contribution in [-0.4, -0.2) is 58.0 Å². The number of aromatic amines is 1. The standard InChI is InChI=1S/C42H47N5O6.2ClH/c1-46(31-15-10-28(11-16-31)25-44-26-38(49)34-20-22-37(48)41-35(34)21-23-39(50)45-41)40(51)9-5-6-27-12-19-33(29-7-3-2-4-8-29)36(24-27)47(42(52)53)32-17-13-30(43)14-18-32;;/h2-4,7-8,10-12,15-16,19-24,30,32,38,44,48-49H,5-6,9,13-14,17-18,25-26,43H2,1H3,(H,45,50)(H,52,53);2*1H/t30-,32-,38-;;/m0../s1. The fourth-order valence-electron chi connectivity index (χ4n) is 7.22. The van der Waals surface area contributed by atoms with E-state index in [0.717, 1.165) is 53.6 Å². The monoisotopic (exact) mass is 789 g/mol. The van der Waals surface area contributed by atoms with Crippen LogP contribution in [-0.2, 0) is 17.8 Å². The molecule has 0 saturated heterocycles. The average molecular weight is 791 g/mol. The highest BCUT2D eigenvalue weighted by atomic mass is 35.5. The Morgan fingerprint density at radius 3 is 2.29 bits per heavy atom. The topological polar surface area (TPSA) is 172 Å². The maximum Gasteiger partial charge on any atom is 0.412 e. The van der Waals surface area contributed by atoms with Crippen LogP contribution in [0, 0.1) is 0 Å². The van der Waals surface area contributed by atoms with Gasteiger partial charge in [0.15, 0.2) is 0 Å². The van der Waals surface area contributed by atoms with E-state index in [1.807, 2.05) is 72.8 Å². The molecule has 0 bridgehead atoms. The number of carbonyl (C=O) groups is 2. The van der Waals surface area contributed by atoms with Crippen LogP contribution in [0.15, 0.2) is 102 Å². The van der Waals surface area contributed by atoms with E-state index >= 15 is 0 Å². The lowest BCUT2D eigenvalue weighted by Gasteiger charge is -2.35. The number of hydrogen-bond donors (Lipinski definition) is 6. The quantitative estimate of drug-likeness (QED) is 0.0721. The number of aliphatic hydroxyl groups is 1. The summed E-state index contributed by atoms with van der Waals surface area (Å²) in [5, 5.41) is 35.2. The first kappa shape index (κ1) is 42.8. The summed E-state index contributed by atoms with van der Waals surface area (Å²) in [6.07, 6.45) is 2.74. The van der Waals surface area contributed by atoms with Crippen molar-refractivity contribution in [2.75, 3.05) is 23.4 Å². The molecule has 6 rings (SSSR count). The second-order valence-electron chi connectivity index (χ2n) is 13.8. The van der Waals surface area contributed by atoms with Gasteiger partial charge in [0.1, 0.15) is 5.75 Å². The third-order valence-electron chi connectivity index (χ3n) is 10.2. The Morgan fingerprint density at radius 1 is 0.909 bits per heavy atom. The number of phenolic OH excluding ortho intramolecular Hbond substituents is 1. The van der Waals surface area contributed by atoms with Crippen molar-refractivity contribution in [2.45, 2.75) is 69.7 Å². The predicted molar refractivity (Wildman–Crippen MR) is 223 cm³/mol. The average Bonchev–Trinajstić information content (AvgIpc) is 3.16. The number of pyridine rings is 1. The van der Waals surface area contributed by atoms with E-state index in [0.29, 0.717) is 42.4 Å². The number of fused-ring (bicyclic) bond motifs is 1. The number of aliphatic hydroxyl groups excluding tert-OH is 1. The molecule has 11 nitrogen and oxygen atoms in total. The van der Waals surface area contributed by atoms with Crippen LogP contribution in [0.5, 0.6) is 5.75 Å². The number of halogens is 2. The maximum absolute atomic E-state index is 13.2. The molecule has 55 heavy (non-hydrogen) atoms. The van der Waals surface area contributed by atoms with E-state index in [-0.39, 0.29) is 66.2 Å². The molecule has 4 aromatic carbocycles. The number of carboxylic acid groups (broad SMARTS) is 1. The van der Waals surface area contributed by atoms with Crippen molar-refractivity contribution in [2.24, 2.45) is 5.73 Å². The zero-order chi connectivity index (χ0) is 37.5. The van der Waals surface area contributed by atoms with Crippen molar-refractivity contribution in [1.82, 2.24) is 10.3 Å². The summed E-state index contributed by atoms with van der Waals surface area (Å²) in [6, 6.07) is 29.5. The Bertz CT molecular complexity index is 2110. The molecule has 1 heterocycles. The number of phenols is 1. The van der Waals surface area contributed by atoms with Gasteiger partial charge in [-0.25, -0.2) is 4.79 Å². The van der Waals surface area contributed by atoms with Crippen LogP contribution < -0.4 is 26.4 Å². The van der Waals surface area contributed by atoms with Gasteiger partial charge in [0, 0.05) is 61.3 Å². The maximum atomic E-state index is 13.2. The molecule has 0 radical (unpaired) electrons. The number of nitrogens with one attached hydrogen (secondary N) is 2. The molecule has 5 aromatic rings. The Balaban J connectivity index is 0.00000336. The minimum Gasteiger partial charge on any atom is -0.506 e. The predicted octanol–water partition coefficient (Wildman–Crippen LogP) is 7.31. The van der Waals surface area contributed by atoms with E-state index < -0.39 is 12.2 Å². The third kappa shape index (κ3) is 10.4. The van der Waals surface area contributed by atoms with E-state index in [9.17, 15) is 29.7 Å². The highest BCUT2D eigenvalue weighted by Crippen LogP contribution is 2.37. The molecule has 13 heteroatoms.